The molecular weight excluding hydrogens is 378 g/mol. The Labute approximate surface area is 168 Å². The first kappa shape index (κ1) is 21.5. The van der Waals surface area contributed by atoms with E-state index in [1.54, 1.807) is 43.1 Å². The minimum Gasteiger partial charge on any atom is -0.482 e. The van der Waals surface area contributed by atoms with Crippen LogP contribution < -0.4 is 4.74 Å². The second-order valence-corrected chi connectivity index (χ2v) is 7.01. The summed E-state index contributed by atoms with van der Waals surface area (Å²) in [5, 5.41) is 0. The van der Waals surface area contributed by atoms with E-state index in [1.807, 2.05) is 30.5 Å². The number of likely N-dealkylation sites (N-methyl/N-ethyl adjacent to an activating group) is 1. The summed E-state index contributed by atoms with van der Waals surface area (Å²) in [7, 11) is 1.66. The van der Waals surface area contributed by atoms with Gasteiger partial charge in [-0.15, -0.1) is 11.8 Å². The van der Waals surface area contributed by atoms with Crippen molar-refractivity contribution in [3.8, 4) is 5.75 Å². The van der Waals surface area contributed by atoms with Crippen LogP contribution in [-0.2, 0) is 20.9 Å². The predicted molar refractivity (Wildman–Crippen MR) is 108 cm³/mol. The SMILES string of the molecule is CSc1ccc(CN(C)C(=O)COC(=O)COc2cccc(C(C)=O)c2)cc1. The summed E-state index contributed by atoms with van der Waals surface area (Å²) in [5.74, 6) is -0.660. The van der Waals surface area contributed by atoms with E-state index < -0.39 is 5.97 Å². The maximum absolute atomic E-state index is 12.1. The van der Waals surface area contributed by atoms with Crippen molar-refractivity contribution >= 4 is 29.4 Å². The van der Waals surface area contributed by atoms with Crippen molar-refractivity contribution in [2.45, 2.75) is 18.4 Å². The van der Waals surface area contributed by atoms with Gasteiger partial charge in [0.15, 0.2) is 19.0 Å². The monoisotopic (exact) mass is 401 g/mol. The Bertz CT molecular complexity index is 835. The van der Waals surface area contributed by atoms with Crippen LogP contribution in [0.4, 0.5) is 0 Å². The van der Waals surface area contributed by atoms with E-state index in [0.29, 0.717) is 17.9 Å². The molecule has 2 aromatic carbocycles. The van der Waals surface area contributed by atoms with Crippen molar-refractivity contribution in [1.29, 1.82) is 0 Å². The number of Topliss-reactive ketones (excluding diaryl/α,β-unsaturated/α-hetero) is 1. The van der Waals surface area contributed by atoms with Crippen LogP contribution in [0, 0.1) is 0 Å². The number of carbonyl (C=O) groups excluding carboxylic acids is 3. The second-order valence-electron chi connectivity index (χ2n) is 6.13. The van der Waals surface area contributed by atoms with Gasteiger partial charge < -0.3 is 14.4 Å². The van der Waals surface area contributed by atoms with Gasteiger partial charge in [-0.3, -0.25) is 9.59 Å². The molecule has 0 atom stereocenters. The normalized spacial score (nSPS) is 10.2. The molecular formula is C21H23NO5S. The van der Waals surface area contributed by atoms with Gasteiger partial charge in [0, 0.05) is 24.1 Å². The molecule has 2 rings (SSSR count). The molecule has 0 fully saturated rings. The van der Waals surface area contributed by atoms with Gasteiger partial charge in [0.2, 0.25) is 0 Å². The van der Waals surface area contributed by atoms with E-state index >= 15 is 0 Å². The Balaban J connectivity index is 1.75. The van der Waals surface area contributed by atoms with E-state index in [1.165, 1.54) is 11.8 Å². The molecule has 0 saturated carbocycles. The summed E-state index contributed by atoms with van der Waals surface area (Å²) in [6.07, 6.45) is 2.00. The lowest BCUT2D eigenvalue weighted by molar-refractivity contribution is -0.153. The summed E-state index contributed by atoms with van der Waals surface area (Å²) < 4.78 is 10.3. The average Bonchev–Trinajstić information content (AvgIpc) is 2.71. The molecule has 7 heteroatoms. The number of esters is 1. The first-order valence-electron chi connectivity index (χ1n) is 8.65. The van der Waals surface area contributed by atoms with Crippen LogP contribution in [0.15, 0.2) is 53.4 Å². The van der Waals surface area contributed by atoms with Gasteiger partial charge in [-0.2, -0.15) is 0 Å². The highest BCUT2D eigenvalue weighted by Gasteiger charge is 2.13. The molecule has 0 radical (unpaired) electrons. The van der Waals surface area contributed by atoms with Gasteiger partial charge in [0.1, 0.15) is 5.75 Å². The number of thioether (sulfide) groups is 1. The fourth-order valence-electron chi connectivity index (χ4n) is 2.33. The molecule has 28 heavy (non-hydrogen) atoms. The minimum atomic E-state index is -0.653. The van der Waals surface area contributed by atoms with Crippen LogP contribution >= 0.6 is 11.8 Å². The summed E-state index contributed by atoms with van der Waals surface area (Å²) in [6, 6.07) is 14.4. The molecule has 148 valence electrons. The van der Waals surface area contributed by atoms with Crippen molar-refractivity contribution < 1.29 is 23.9 Å². The zero-order chi connectivity index (χ0) is 20.5. The standard InChI is InChI=1S/C21H23NO5S/c1-15(23)17-5-4-6-18(11-17)26-14-21(25)27-13-20(24)22(2)12-16-7-9-19(28-3)10-8-16/h4-11H,12-14H2,1-3H3. The van der Waals surface area contributed by atoms with Gasteiger partial charge in [-0.1, -0.05) is 24.3 Å². The Kier molecular flexibility index (Phi) is 8.07. The zero-order valence-electron chi connectivity index (χ0n) is 16.1. The molecule has 0 spiro atoms. The van der Waals surface area contributed by atoms with E-state index in [0.717, 1.165) is 10.5 Å². The number of hydrogen-bond acceptors (Lipinski definition) is 6. The molecule has 2 aromatic rings. The van der Waals surface area contributed by atoms with Gasteiger partial charge in [-0.25, -0.2) is 4.79 Å². The van der Waals surface area contributed by atoms with Crippen LogP contribution in [0.5, 0.6) is 5.75 Å². The Morgan fingerprint density at radius 1 is 1.04 bits per heavy atom. The van der Waals surface area contributed by atoms with Crippen LogP contribution in [0.2, 0.25) is 0 Å². The van der Waals surface area contributed by atoms with Gasteiger partial charge in [0.05, 0.1) is 0 Å². The molecule has 0 saturated heterocycles. The van der Waals surface area contributed by atoms with E-state index in [9.17, 15) is 14.4 Å². The van der Waals surface area contributed by atoms with Crippen molar-refractivity contribution in [3.05, 3.63) is 59.7 Å². The lowest BCUT2D eigenvalue weighted by atomic mass is 10.1. The topological polar surface area (TPSA) is 72.9 Å². The molecule has 0 N–H and O–H groups in total. The number of hydrogen-bond donors (Lipinski definition) is 0. The molecule has 0 aliphatic carbocycles. The van der Waals surface area contributed by atoms with Crippen LogP contribution in [0.3, 0.4) is 0 Å². The summed E-state index contributed by atoms with van der Waals surface area (Å²) in [4.78, 5) is 37.9. The third-order valence-electron chi connectivity index (χ3n) is 3.96. The van der Waals surface area contributed by atoms with Crippen LogP contribution in [0.25, 0.3) is 0 Å². The fraction of sp³-hybridized carbons (Fsp3) is 0.286. The highest BCUT2D eigenvalue weighted by Crippen LogP contribution is 2.16. The lowest BCUT2D eigenvalue weighted by Gasteiger charge is -2.17. The Hall–Kier alpha value is -2.80. The van der Waals surface area contributed by atoms with Crippen molar-refractivity contribution in [2.24, 2.45) is 0 Å². The molecule has 0 aliphatic rings. The molecule has 1 amide bonds. The predicted octanol–water partition coefficient (Wildman–Crippen LogP) is 3.19. The summed E-state index contributed by atoms with van der Waals surface area (Å²) in [6.45, 7) is 1.19. The first-order chi connectivity index (χ1) is 13.4. The number of benzene rings is 2. The molecule has 0 unspecified atom stereocenters. The third-order valence-corrected chi connectivity index (χ3v) is 4.70. The lowest BCUT2D eigenvalue weighted by Crippen LogP contribution is -2.31. The number of nitrogens with zero attached hydrogens (tertiary/aromatic N) is 1. The highest BCUT2D eigenvalue weighted by molar-refractivity contribution is 7.98. The Morgan fingerprint density at radius 3 is 2.39 bits per heavy atom. The van der Waals surface area contributed by atoms with Gasteiger partial charge in [0.25, 0.3) is 5.91 Å². The highest BCUT2D eigenvalue weighted by atomic mass is 32.2. The maximum Gasteiger partial charge on any atom is 0.344 e. The maximum atomic E-state index is 12.1. The minimum absolute atomic E-state index is 0.0928. The summed E-state index contributed by atoms with van der Waals surface area (Å²) in [5.41, 5.74) is 1.49. The van der Waals surface area contributed by atoms with E-state index in [2.05, 4.69) is 0 Å². The van der Waals surface area contributed by atoms with Crippen molar-refractivity contribution in [3.63, 3.8) is 0 Å². The average molecular weight is 401 g/mol. The number of ether oxygens (including phenoxy) is 2. The quantitative estimate of drug-likeness (QED) is 0.365. The first-order valence-corrected chi connectivity index (χ1v) is 9.88. The fourth-order valence-corrected chi connectivity index (χ4v) is 2.74. The number of ketones is 1. The number of rotatable bonds is 9. The largest absolute Gasteiger partial charge is 0.482 e. The number of amides is 1. The second kappa shape index (κ2) is 10.5. The summed E-state index contributed by atoms with van der Waals surface area (Å²) >= 11 is 1.65. The van der Waals surface area contributed by atoms with E-state index in [4.69, 9.17) is 9.47 Å². The van der Waals surface area contributed by atoms with Crippen LogP contribution in [0.1, 0.15) is 22.8 Å². The van der Waals surface area contributed by atoms with Crippen molar-refractivity contribution in [1.82, 2.24) is 4.90 Å². The third kappa shape index (κ3) is 6.74. The van der Waals surface area contributed by atoms with Gasteiger partial charge >= 0.3 is 5.97 Å². The zero-order valence-corrected chi connectivity index (χ0v) is 17.0. The van der Waals surface area contributed by atoms with Gasteiger partial charge in [-0.05, 0) is 43.0 Å². The molecule has 0 aromatic heterocycles. The number of carbonyl (C=O) groups is 3. The molecule has 0 bridgehead atoms. The molecule has 0 heterocycles. The molecule has 6 nitrogen and oxygen atoms in total. The van der Waals surface area contributed by atoms with Crippen molar-refractivity contribution in [2.75, 3.05) is 26.5 Å². The molecule has 0 aliphatic heterocycles. The van der Waals surface area contributed by atoms with Crippen LogP contribution in [-0.4, -0.2) is 49.1 Å². The van der Waals surface area contributed by atoms with E-state index in [-0.39, 0.29) is 24.9 Å². The Morgan fingerprint density at radius 2 is 1.75 bits per heavy atom. The smallest absolute Gasteiger partial charge is 0.344 e.